The number of rotatable bonds is 3. The molecule has 1 aromatic rings. The molecule has 1 aromatic carbocycles. The Labute approximate surface area is 88.0 Å². The summed E-state index contributed by atoms with van der Waals surface area (Å²) >= 11 is 5.73. The molecule has 76 valence electrons. The second-order valence-electron chi connectivity index (χ2n) is 3.20. The van der Waals surface area contributed by atoms with Crippen molar-refractivity contribution in [2.24, 2.45) is 11.5 Å². The van der Waals surface area contributed by atoms with E-state index in [0.29, 0.717) is 17.0 Å². The summed E-state index contributed by atoms with van der Waals surface area (Å²) in [5.74, 6) is -0.526. The fraction of sp³-hybridized carbons (Fsp3) is 0.300. The lowest BCUT2D eigenvalue weighted by molar-refractivity contribution is -0.123. The van der Waals surface area contributed by atoms with Crippen LogP contribution in [0.1, 0.15) is 18.9 Å². The Bertz CT molecular complexity index is 336. The summed E-state index contributed by atoms with van der Waals surface area (Å²) in [6.07, 6.45) is 0.462. The monoisotopic (exact) mass is 212 g/mol. The van der Waals surface area contributed by atoms with Crippen LogP contribution in [0.25, 0.3) is 0 Å². The second kappa shape index (κ2) is 3.98. The average Bonchev–Trinajstić information content (AvgIpc) is 2.17. The third-order valence-corrected chi connectivity index (χ3v) is 2.61. The van der Waals surface area contributed by atoms with E-state index in [0.717, 1.165) is 0 Å². The van der Waals surface area contributed by atoms with E-state index in [2.05, 4.69) is 0 Å². The number of hydrogen-bond donors (Lipinski definition) is 2. The molecule has 0 saturated carbocycles. The van der Waals surface area contributed by atoms with Gasteiger partial charge in [-0.2, -0.15) is 0 Å². The summed E-state index contributed by atoms with van der Waals surface area (Å²) in [4.78, 5) is 11.2. The van der Waals surface area contributed by atoms with Gasteiger partial charge in [0.15, 0.2) is 0 Å². The van der Waals surface area contributed by atoms with E-state index in [4.69, 9.17) is 23.1 Å². The van der Waals surface area contributed by atoms with Crippen LogP contribution in [0.3, 0.4) is 0 Å². The summed E-state index contributed by atoms with van der Waals surface area (Å²) in [7, 11) is 0. The van der Waals surface area contributed by atoms with Crippen LogP contribution in [0.15, 0.2) is 24.3 Å². The molecule has 0 aliphatic heterocycles. The standard InChI is InChI=1S/C10H13ClN2O/c1-2-10(13,9(12)14)7-3-5-8(11)6-4-7/h3-6H,2,13H2,1H3,(H2,12,14). The summed E-state index contributed by atoms with van der Waals surface area (Å²) in [5.41, 5.74) is 10.7. The minimum Gasteiger partial charge on any atom is -0.368 e. The fourth-order valence-corrected chi connectivity index (χ4v) is 1.39. The zero-order valence-electron chi connectivity index (χ0n) is 7.96. The molecule has 0 aliphatic carbocycles. The van der Waals surface area contributed by atoms with Crippen LogP contribution in [0.2, 0.25) is 5.02 Å². The fourth-order valence-electron chi connectivity index (χ4n) is 1.27. The van der Waals surface area contributed by atoms with Crippen molar-refractivity contribution < 1.29 is 4.79 Å². The van der Waals surface area contributed by atoms with Crippen LogP contribution >= 0.6 is 11.6 Å². The molecule has 3 nitrogen and oxygen atoms in total. The van der Waals surface area contributed by atoms with Crippen molar-refractivity contribution in [3.8, 4) is 0 Å². The highest BCUT2D eigenvalue weighted by molar-refractivity contribution is 6.30. The van der Waals surface area contributed by atoms with Gasteiger partial charge in [0.1, 0.15) is 5.54 Å². The van der Waals surface area contributed by atoms with Crippen LogP contribution in [0, 0.1) is 0 Å². The van der Waals surface area contributed by atoms with Crippen molar-refractivity contribution in [1.29, 1.82) is 0 Å². The van der Waals surface area contributed by atoms with Gasteiger partial charge in [0.05, 0.1) is 0 Å². The van der Waals surface area contributed by atoms with Gasteiger partial charge in [-0.25, -0.2) is 0 Å². The zero-order valence-corrected chi connectivity index (χ0v) is 8.71. The van der Waals surface area contributed by atoms with Crippen LogP contribution in [0.5, 0.6) is 0 Å². The van der Waals surface area contributed by atoms with E-state index in [1.165, 1.54) is 0 Å². The Kier molecular flexibility index (Phi) is 3.13. The lowest BCUT2D eigenvalue weighted by atomic mass is 9.88. The quantitative estimate of drug-likeness (QED) is 0.795. The first-order valence-electron chi connectivity index (χ1n) is 4.35. The minimum atomic E-state index is -1.09. The number of nitrogens with two attached hydrogens (primary N) is 2. The van der Waals surface area contributed by atoms with E-state index in [9.17, 15) is 4.79 Å². The summed E-state index contributed by atoms with van der Waals surface area (Å²) in [5, 5.41) is 0.608. The third-order valence-electron chi connectivity index (χ3n) is 2.36. The van der Waals surface area contributed by atoms with Crippen molar-refractivity contribution in [1.82, 2.24) is 0 Å². The molecule has 0 bridgehead atoms. The number of carbonyl (C=O) groups excluding carboxylic acids is 1. The molecule has 0 fully saturated rings. The molecule has 4 N–H and O–H groups in total. The van der Waals surface area contributed by atoms with E-state index in [1.807, 2.05) is 6.92 Å². The predicted octanol–water partition coefficient (Wildman–Crippen LogP) is 1.39. The SMILES string of the molecule is CCC(N)(C(N)=O)c1ccc(Cl)cc1. The largest absolute Gasteiger partial charge is 0.368 e. The summed E-state index contributed by atoms with van der Waals surface area (Å²) in [6, 6.07) is 6.82. The lowest BCUT2D eigenvalue weighted by Gasteiger charge is -2.24. The topological polar surface area (TPSA) is 69.1 Å². The molecule has 0 spiro atoms. The maximum Gasteiger partial charge on any atom is 0.242 e. The number of carbonyl (C=O) groups is 1. The van der Waals surface area contributed by atoms with Gasteiger partial charge in [-0.3, -0.25) is 4.79 Å². The minimum absolute atomic E-state index is 0.462. The first-order chi connectivity index (χ1) is 6.50. The number of amides is 1. The molecule has 1 atom stereocenters. The highest BCUT2D eigenvalue weighted by Gasteiger charge is 2.31. The van der Waals surface area contributed by atoms with Gasteiger partial charge in [0.2, 0.25) is 5.91 Å². The van der Waals surface area contributed by atoms with Crippen LogP contribution in [-0.2, 0) is 10.3 Å². The van der Waals surface area contributed by atoms with Crippen molar-refractivity contribution in [3.63, 3.8) is 0 Å². The van der Waals surface area contributed by atoms with Crippen molar-refractivity contribution in [2.75, 3.05) is 0 Å². The first-order valence-corrected chi connectivity index (χ1v) is 4.73. The number of primary amides is 1. The maximum atomic E-state index is 11.2. The molecule has 1 unspecified atom stereocenters. The normalized spacial score (nSPS) is 14.8. The molecule has 0 aliphatic rings. The Hall–Kier alpha value is -1.06. The molecule has 1 amide bonds. The number of benzene rings is 1. The number of hydrogen-bond acceptors (Lipinski definition) is 2. The third kappa shape index (κ3) is 1.89. The molecule has 0 radical (unpaired) electrons. The Morgan fingerprint density at radius 3 is 2.29 bits per heavy atom. The van der Waals surface area contributed by atoms with Gasteiger partial charge in [0, 0.05) is 5.02 Å². The van der Waals surface area contributed by atoms with Gasteiger partial charge in [-0.05, 0) is 24.1 Å². The smallest absolute Gasteiger partial charge is 0.242 e. The molecule has 0 heterocycles. The number of halogens is 1. The highest BCUT2D eigenvalue weighted by atomic mass is 35.5. The Morgan fingerprint density at radius 2 is 1.93 bits per heavy atom. The van der Waals surface area contributed by atoms with E-state index in [-0.39, 0.29) is 0 Å². The van der Waals surface area contributed by atoms with Crippen LogP contribution in [0.4, 0.5) is 0 Å². The van der Waals surface area contributed by atoms with Crippen LogP contribution < -0.4 is 11.5 Å². The van der Waals surface area contributed by atoms with Gasteiger partial charge < -0.3 is 11.5 Å². The maximum absolute atomic E-state index is 11.2. The summed E-state index contributed by atoms with van der Waals surface area (Å²) < 4.78 is 0. The zero-order chi connectivity index (χ0) is 10.8. The highest BCUT2D eigenvalue weighted by Crippen LogP contribution is 2.23. The predicted molar refractivity (Wildman–Crippen MR) is 56.8 cm³/mol. The van der Waals surface area contributed by atoms with E-state index in [1.54, 1.807) is 24.3 Å². The van der Waals surface area contributed by atoms with Crippen molar-refractivity contribution >= 4 is 17.5 Å². The van der Waals surface area contributed by atoms with Gasteiger partial charge in [0.25, 0.3) is 0 Å². The lowest BCUT2D eigenvalue weighted by Crippen LogP contribution is -2.48. The molecule has 0 aromatic heterocycles. The first kappa shape index (κ1) is 11.0. The van der Waals surface area contributed by atoms with Crippen LogP contribution in [-0.4, -0.2) is 5.91 Å². The molecule has 0 saturated heterocycles. The average molecular weight is 213 g/mol. The molecule has 4 heteroatoms. The van der Waals surface area contributed by atoms with Gasteiger partial charge >= 0.3 is 0 Å². The van der Waals surface area contributed by atoms with E-state index >= 15 is 0 Å². The molecular formula is C10H13ClN2O. The summed E-state index contributed by atoms with van der Waals surface area (Å²) in [6.45, 7) is 1.82. The van der Waals surface area contributed by atoms with Gasteiger partial charge in [-0.1, -0.05) is 30.7 Å². The van der Waals surface area contributed by atoms with Gasteiger partial charge in [-0.15, -0.1) is 0 Å². The Morgan fingerprint density at radius 1 is 1.43 bits per heavy atom. The van der Waals surface area contributed by atoms with Crippen molar-refractivity contribution in [3.05, 3.63) is 34.9 Å². The molecule has 14 heavy (non-hydrogen) atoms. The molecular weight excluding hydrogens is 200 g/mol. The van der Waals surface area contributed by atoms with E-state index < -0.39 is 11.4 Å². The second-order valence-corrected chi connectivity index (χ2v) is 3.63. The molecule has 1 rings (SSSR count). The van der Waals surface area contributed by atoms with Crippen molar-refractivity contribution in [2.45, 2.75) is 18.9 Å². The Balaban J connectivity index is 3.13.